The number of aryl methyl sites for hydroxylation is 2. The third-order valence-corrected chi connectivity index (χ3v) is 5.30. The summed E-state index contributed by atoms with van der Waals surface area (Å²) in [6, 6.07) is 19.6. The predicted octanol–water partition coefficient (Wildman–Crippen LogP) is 5.90. The summed E-state index contributed by atoms with van der Waals surface area (Å²) >= 11 is 0. The van der Waals surface area contributed by atoms with Gasteiger partial charge in [0.1, 0.15) is 11.8 Å². The number of benzene rings is 3. The van der Waals surface area contributed by atoms with E-state index in [0.717, 1.165) is 11.1 Å². The molecule has 0 bridgehead atoms. The van der Waals surface area contributed by atoms with Gasteiger partial charge >= 0.3 is 6.36 Å². The predicted molar refractivity (Wildman–Crippen MR) is 126 cm³/mol. The number of carbonyl (C=O) groups is 1. The molecule has 2 N–H and O–H groups in total. The fraction of sp³-hybridized carbons (Fsp3) is 0.240. The van der Waals surface area contributed by atoms with E-state index >= 15 is 0 Å². The van der Waals surface area contributed by atoms with Gasteiger partial charge < -0.3 is 15.4 Å². The molecule has 0 spiro atoms. The van der Waals surface area contributed by atoms with Crippen LogP contribution in [-0.4, -0.2) is 18.8 Å². The lowest BCUT2D eigenvalue weighted by Crippen LogP contribution is -2.40. The third-order valence-electron chi connectivity index (χ3n) is 5.30. The summed E-state index contributed by atoms with van der Waals surface area (Å²) in [4.78, 5) is 14.9. The molecule has 0 aliphatic heterocycles. The van der Waals surface area contributed by atoms with Crippen molar-refractivity contribution in [2.45, 2.75) is 32.7 Å². The van der Waals surface area contributed by atoms with Gasteiger partial charge in [-0.05, 0) is 60.7 Å². The lowest BCUT2D eigenvalue weighted by Gasteiger charge is -2.27. The molecule has 176 valence electrons. The fourth-order valence-corrected chi connectivity index (χ4v) is 3.40. The van der Waals surface area contributed by atoms with Crippen LogP contribution in [0.25, 0.3) is 0 Å². The number of hydrogen-bond acceptors (Lipinski definition) is 3. The summed E-state index contributed by atoms with van der Waals surface area (Å²) in [6.07, 6.45) is -4.64. The normalized spacial score (nSPS) is 11.9. The molecule has 0 radical (unpaired) electrons. The maximum atomic E-state index is 13.4. The first-order valence-electron chi connectivity index (χ1n) is 10.2. The van der Waals surface area contributed by atoms with Gasteiger partial charge in [-0.2, -0.15) is 0 Å². The number of ether oxygens (including phenoxy) is 1. The smallest absolute Gasteiger partial charge is 0.406 e. The summed E-state index contributed by atoms with van der Waals surface area (Å²) in [7, 11) is 0. The van der Waals surface area contributed by atoms with Crippen molar-refractivity contribution in [3.05, 3.63) is 95.1 Å². The van der Waals surface area contributed by atoms with Crippen molar-refractivity contribution in [2.75, 3.05) is 11.4 Å². The minimum absolute atomic E-state index is 0. The summed E-state index contributed by atoms with van der Waals surface area (Å²) < 4.78 is 42.5. The van der Waals surface area contributed by atoms with Gasteiger partial charge in [0, 0.05) is 12.2 Å². The van der Waals surface area contributed by atoms with E-state index in [9.17, 15) is 18.0 Å². The zero-order valence-corrected chi connectivity index (χ0v) is 19.1. The minimum Gasteiger partial charge on any atom is -0.406 e. The molecule has 1 atom stereocenters. The molecular formula is C25H26ClF3N2O2. The van der Waals surface area contributed by atoms with Crippen molar-refractivity contribution >= 4 is 24.0 Å². The van der Waals surface area contributed by atoms with E-state index in [1.54, 1.807) is 36.4 Å². The number of rotatable bonds is 7. The van der Waals surface area contributed by atoms with Crippen molar-refractivity contribution < 1.29 is 22.7 Å². The Hall–Kier alpha value is -3.03. The van der Waals surface area contributed by atoms with E-state index < -0.39 is 12.4 Å². The van der Waals surface area contributed by atoms with E-state index in [1.807, 2.05) is 38.1 Å². The molecule has 0 aromatic heterocycles. The largest absolute Gasteiger partial charge is 0.573 e. The Morgan fingerprint density at radius 2 is 1.61 bits per heavy atom. The number of hydrogen-bond donors (Lipinski definition) is 1. The molecule has 0 aliphatic rings. The van der Waals surface area contributed by atoms with E-state index in [-0.39, 0.29) is 37.0 Å². The topological polar surface area (TPSA) is 55.6 Å². The van der Waals surface area contributed by atoms with Crippen LogP contribution < -0.4 is 15.4 Å². The molecule has 0 heterocycles. The molecule has 0 saturated heterocycles. The van der Waals surface area contributed by atoms with Crippen LogP contribution in [0.15, 0.2) is 72.8 Å². The molecule has 0 fully saturated rings. The number of nitrogens with two attached hydrogens (primary N) is 1. The lowest BCUT2D eigenvalue weighted by molar-refractivity contribution is -0.274. The molecule has 8 heteroatoms. The van der Waals surface area contributed by atoms with Crippen LogP contribution in [-0.2, 0) is 11.2 Å². The lowest BCUT2D eigenvalue weighted by atomic mass is 10.0. The van der Waals surface area contributed by atoms with Crippen LogP contribution in [0.3, 0.4) is 0 Å². The molecule has 3 aromatic carbocycles. The zero-order chi connectivity index (χ0) is 23.3. The van der Waals surface area contributed by atoms with Crippen LogP contribution in [0.4, 0.5) is 18.9 Å². The molecule has 3 rings (SSSR count). The third kappa shape index (κ3) is 6.97. The van der Waals surface area contributed by atoms with Crippen LogP contribution in [0.2, 0.25) is 0 Å². The van der Waals surface area contributed by atoms with Gasteiger partial charge in [-0.25, -0.2) is 0 Å². The van der Waals surface area contributed by atoms with Crippen molar-refractivity contribution in [3.8, 4) is 5.75 Å². The van der Waals surface area contributed by atoms with Crippen molar-refractivity contribution in [1.82, 2.24) is 0 Å². The molecule has 0 aliphatic carbocycles. The van der Waals surface area contributed by atoms with Gasteiger partial charge in [0.15, 0.2) is 0 Å². The average Bonchev–Trinajstić information content (AvgIpc) is 2.76. The quantitative estimate of drug-likeness (QED) is 0.460. The summed E-state index contributed by atoms with van der Waals surface area (Å²) in [5.41, 5.74) is 9.97. The highest BCUT2D eigenvalue weighted by molar-refractivity contribution is 5.97. The Labute approximate surface area is 197 Å². The van der Waals surface area contributed by atoms with E-state index in [2.05, 4.69) is 4.74 Å². The Bertz CT molecular complexity index is 1070. The molecule has 1 amide bonds. The number of anilines is 1. The molecular weight excluding hydrogens is 453 g/mol. The second-order valence-corrected chi connectivity index (χ2v) is 7.55. The summed E-state index contributed by atoms with van der Waals surface area (Å²) in [5.74, 6) is -0.617. The summed E-state index contributed by atoms with van der Waals surface area (Å²) in [5, 5.41) is 0. The molecule has 4 nitrogen and oxygen atoms in total. The van der Waals surface area contributed by atoms with Gasteiger partial charge in [-0.1, -0.05) is 54.6 Å². The van der Waals surface area contributed by atoms with Crippen LogP contribution in [0, 0.1) is 13.8 Å². The highest BCUT2D eigenvalue weighted by Crippen LogP contribution is 2.28. The van der Waals surface area contributed by atoms with Crippen LogP contribution in [0.1, 0.15) is 28.3 Å². The van der Waals surface area contributed by atoms with Crippen molar-refractivity contribution in [3.63, 3.8) is 0 Å². The summed E-state index contributed by atoms with van der Waals surface area (Å²) in [6.45, 7) is 4.04. The zero-order valence-electron chi connectivity index (χ0n) is 18.3. The maximum absolute atomic E-state index is 13.4. The Morgan fingerprint density at radius 3 is 2.24 bits per heavy atom. The molecule has 33 heavy (non-hydrogen) atoms. The van der Waals surface area contributed by atoms with E-state index in [4.69, 9.17) is 5.73 Å². The van der Waals surface area contributed by atoms with E-state index in [1.165, 1.54) is 17.0 Å². The average molecular weight is 479 g/mol. The monoisotopic (exact) mass is 478 g/mol. The number of alkyl halides is 3. The van der Waals surface area contributed by atoms with Crippen molar-refractivity contribution in [2.24, 2.45) is 5.73 Å². The van der Waals surface area contributed by atoms with Crippen LogP contribution in [0.5, 0.6) is 5.75 Å². The van der Waals surface area contributed by atoms with Gasteiger partial charge in [0.25, 0.3) is 0 Å². The standard InChI is InChI=1S/C25H25F3N2O2.ClH/c1-17-12-13-21(16-18(17)2)30(24(31)23(29)20-9-4-3-5-10-20)15-14-19-8-6-7-11-22(19)32-25(26,27)28;/h3-13,16,23H,14-15,29H2,1-2H3;1H/t23-;/m0./s1. The molecule has 3 aromatic rings. The molecule has 0 saturated carbocycles. The first-order valence-corrected chi connectivity index (χ1v) is 10.2. The minimum atomic E-state index is -4.80. The first kappa shape index (κ1) is 26.2. The van der Waals surface area contributed by atoms with Gasteiger partial charge in [0.2, 0.25) is 5.91 Å². The SMILES string of the molecule is Cc1ccc(N(CCc2ccccc2OC(F)(F)F)C(=O)[C@@H](N)c2ccccc2)cc1C.Cl. The maximum Gasteiger partial charge on any atom is 0.573 e. The Balaban J connectivity index is 0.00000385. The second kappa shape index (κ2) is 11.2. The van der Waals surface area contributed by atoms with Gasteiger partial charge in [0.05, 0.1) is 0 Å². The highest BCUT2D eigenvalue weighted by atomic mass is 35.5. The highest BCUT2D eigenvalue weighted by Gasteiger charge is 2.32. The number of halogens is 4. The number of para-hydroxylation sites is 1. The fourth-order valence-electron chi connectivity index (χ4n) is 3.40. The molecule has 0 unspecified atom stereocenters. The Morgan fingerprint density at radius 1 is 0.970 bits per heavy atom. The number of carbonyl (C=O) groups excluding carboxylic acids is 1. The number of nitrogens with zero attached hydrogens (tertiary/aromatic N) is 1. The first-order chi connectivity index (χ1) is 15.2. The number of amides is 1. The van der Waals surface area contributed by atoms with Crippen molar-refractivity contribution in [1.29, 1.82) is 0 Å². The Kier molecular flexibility index (Phi) is 8.91. The van der Waals surface area contributed by atoms with Crippen LogP contribution >= 0.6 is 12.4 Å². The second-order valence-electron chi connectivity index (χ2n) is 7.55. The van der Waals surface area contributed by atoms with E-state index in [0.29, 0.717) is 16.8 Å². The van der Waals surface area contributed by atoms with Gasteiger partial charge in [-0.15, -0.1) is 25.6 Å². The van der Waals surface area contributed by atoms with Gasteiger partial charge in [-0.3, -0.25) is 4.79 Å².